The zero-order valence-electron chi connectivity index (χ0n) is 15.9. The predicted octanol–water partition coefficient (Wildman–Crippen LogP) is 3.06. The molecule has 0 fully saturated rings. The minimum Gasteiger partial charge on any atom is -0.455 e. The van der Waals surface area contributed by atoms with Gasteiger partial charge in [0.05, 0.1) is 6.20 Å². The van der Waals surface area contributed by atoms with E-state index in [0.717, 1.165) is 5.56 Å². The first-order valence-corrected chi connectivity index (χ1v) is 9.07. The van der Waals surface area contributed by atoms with Gasteiger partial charge in [-0.2, -0.15) is 0 Å². The maximum Gasteiger partial charge on any atom is 0.342 e. The molecule has 3 rings (SSSR count). The second kappa shape index (κ2) is 10.4. The summed E-state index contributed by atoms with van der Waals surface area (Å²) in [5, 5.41) is 4.65. The zero-order valence-corrected chi connectivity index (χ0v) is 15.9. The summed E-state index contributed by atoms with van der Waals surface area (Å²) in [5.41, 5.74) is 1.03. The Bertz CT molecular complexity index is 1010. The van der Waals surface area contributed by atoms with Crippen LogP contribution in [0.5, 0.6) is 11.5 Å². The molecule has 0 aliphatic carbocycles. The quantitative estimate of drug-likeness (QED) is 0.585. The normalized spacial score (nSPS) is 10.0. The summed E-state index contributed by atoms with van der Waals surface area (Å²) in [6.45, 7) is -0.350. The van der Waals surface area contributed by atoms with Crippen LogP contribution in [0.3, 0.4) is 0 Å². The molecule has 3 aromatic rings. The van der Waals surface area contributed by atoms with Crippen LogP contribution in [0.2, 0.25) is 0 Å². The smallest absolute Gasteiger partial charge is 0.342 e. The maximum absolute atomic E-state index is 12.4. The van der Waals surface area contributed by atoms with Gasteiger partial charge in [-0.05, 0) is 29.8 Å². The molecule has 0 saturated carbocycles. The van der Waals surface area contributed by atoms with Gasteiger partial charge in [-0.3, -0.25) is 15.1 Å². The fourth-order valence-electron chi connectivity index (χ4n) is 2.45. The van der Waals surface area contributed by atoms with Crippen molar-refractivity contribution < 1.29 is 23.9 Å². The van der Waals surface area contributed by atoms with E-state index in [2.05, 4.69) is 15.6 Å². The molecule has 0 aliphatic rings. The molecule has 152 valence electrons. The number of ether oxygens (including phenoxy) is 2. The first-order valence-electron chi connectivity index (χ1n) is 9.07. The summed E-state index contributed by atoms with van der Waals surface area (Å²) in [6, 6.07) is 18.4. The molecule has 0 atom stereocenters. The van der Waals surface area contributed by atoms with Crippen molar-refractivity contribution in [1.82, 2.24) is 15.6 Å². The fourth-order valence-corrected chi connectivity index (χ4v) is 2.45. The molecule has 30 heavy (non-hydrogen) atoms. The highest BCUT2D eigenvalue weighted by Crippen LogP contribution is 2.25. The number of carbonyl (C=O) groups is 3. The Morgan fingerprint density at radius 1 is 0.900 bits per heavy atom. The van der Waals surface area contributed by atoms with Crippen molar-refractivity contribution in [3.05, 3.63) is 90.3 Å². The molecule has 1 aromatic heterocycles. The first kappa shape index (κ1) is 20.5. The zero-order chi connectivity index (χ0) is 21.2. The number of carbonyl (C=O) groups excluding carboxylic acids is 3. The lowest BCUT2D eigenvalue weighted by Gasteiger charge is -2.11. The number of hydrogen-bond acceptors (Lipinski definition) is 6. The van der Waals surface area contributed by atoms with Crippen LogP contribution in [0.25, 0.3) is 0 Å². The standard InChI is InChI=1S/C22H19N3O5/c26-20(25-22(28)24-13-16-7-2-1-3-8-16)15-29-21(27)18-10-4-5-11-19(18)30-17-9-6-12-23-14-17/h1-12,14H,13,15H2,(H2,24,25,26,28). The van der Waals surface area contributed by atoms with Crippen molar-refractivity contribution in [3.8, 4) is 11.5 Å². The Kier molecular flexibility index (Phi) is 7.10. The van der Waals surface area contributed by atoms with Gasteiger partial charge >= 0.3 is 12.0 Å². The molecule has 2 N–H and O–H groups in total. The van der Waals surface area contributed by atoms with Crippen LogP contribution in [0, 0.1) is 0 Å². The number of nitrogens with one attached hydrogen (secondary N) is 2. The van der Waals surface area contributed by atoms with Crippen LogP contribution in [0.15, 0.2) is 79.1 Å². The van der Waals surface area contributed by atoms with Crippen molar-refractivity contribution in [2.45, 2.75) is 6.54 Å². The highest BCUT2D eigenvalue weighted by molar-refractivity contribution is 5.97. The highest BCUT2D eigenvalue weighted by atomic mass is 16.5. The molecule has 8 heteroatoms. The maximum atomic E-state index is 12.4. The van der Waals surface area contributed by atoms with E-state index < -0.39 is 24.5 Å². The summed E-state index contributed by atoms with van der Waals surface area (Å²) in [7, 11) is 0. The number of para-hydroxylation sites is 1. The van der Waals surface area contributed by atoms with Gasteiger partial charge in [0.25, 0.3) is 5.91 Å². The molecular weight excluding hydrogens is 386 g/mol. The fraction of sp³-hybridized carbons (Fsp3) is 0.0909. The largest absolute Gasteiger partial charge is 0.455 e. The number of rotatable bonds is 7. The number of imide groups is 1. The summed E-state index contributed by atoms with van der Waals surface area (Å²) in [4.78, 5) is 40.0. The third kappa shape index (κ3) is 6.16. The number of pyridine rings is 1. The molecule has 0 radical (unpaired) electrons. The lowest BCUT2D eigenvalue weighted by Crippen LogP contribution is -2.41. The number of esters is 1. The molecule has 0 bridgehead atoms. The average molecular weight is 405 g/mol. The van der Waals surface area contributed by atoms with E-state index in [-0.39, 0.29) is 17.9 Å². The minimum atomic E-state index is -0.755. The monoisotopic (exact) mass is 405 g/mol. The first-order chi connectivity index (χ1) is 14.6. The van der Waals surface area contributed by atoms with Crippen LogP contribution in [0.1, 0.15) is 15.9 Å². The van der Waals surface area contributed by atoms with E-state index in [1.54, 1.807) is 36.5 Å². The molecule has 0 saturated heterocycles. The van der Waals surface area contributed by atoms with Gasteiger partial charge in [0.2, 0.25) is 0 Å². The van der Waals surface area contributed by atoms with Gasteiger partial charge in [-0.25, -0.2) is 9.59 Å². The Hall–Kier alpha value is -4.20. The summed E-state index contributed by atoms with van der Waals surface area (Å²) < 4.78 is 10.7. The molecule has 0 spiro atoms. The van der Waals surface area contributed by atoms with Gasteiger partial charge < -0.3 is 14.8 Å². The number of aromatic nitrogens is 1. The van der Waals surface area contributed by atoms with E-state index in [9.17, 15) is 14.4 Å². The van der Waals surface area contributed by atoms with Crippen molar-refractivity contribution >= 4 is 17.9 Å². The SMILES string of the molecule is O=C(COC(=O)c1ccccc1Oc1cccnc1)NC(=O)NCc1ccccc1. The predicted molar refractivity (Wildman–Crippen MR) is 108 cm³/mol. The number of amides is 3. The average Bonchev–Trinajstić information content (AvgIpc) is 2.78. The van der Waals surface area contributed by atoms with Crippen LogP contribution in [-0.2, 0) is 16.1 Å². The molecular formula is C22H19N3O5. The molecule has 2 aromatic carbocycles. The van der Waals surface area contributed by atoms with E-state index in [0.29, 0.717) is 5.75 Å². The summed E-state index contributed by atoms with van der Waals surface area (Å²) >= 11 is 0. The van der Waals surface area contributed by atoms with E-state index >= 15 is 0 Å². The Morgan fingerprint density at radius 2 is 1.67 bits per heavy atom. The van der Waals surface area contributed by atoms with Gasteiger partial charge in [0, 0.05) is 12.7 Å². The molecule has 1 heterocycles. The van der Waals surface area contributed by atoms with Gasteiger partial charge in [0.1, 0.15) is 17.1 Å². The highest BCUT2D eigenvalue weighted by Gasteiger charge is 2.17. The summed E-state index contributed by atoms with van der Waals surface area (Å²) in [5.74, 6) is -0.795. The van der Waals surface area contributed by atoms with Gasteiger partial charge in [0.15, 0.2) is 6.61 Å². The van der Waals surface area contributed by atoms with Crippen LogP contribution < -0.4 is 15.4 Å². The third-order valence-electron chi connectivity index (χ3n) is 3.85. The summed E-state index contributed by atoms with van der Waals surface area (Å²) in [6.07, 6.45) is 3.10. The molecule has 0 aliphatic heterocycles. The molecule has 8 nitrogen and oxygen atoms in total. The van der Waals surface area contributed by atoms with Crippen LogP contribution in [-0.4, -0.2) is 29.5 Å². The molecule has 0 unspecified atom stereocenters. The number of hydrogen-bond donors (Lipinski definition) is 2. The molecule has 3 amide bonds. The Balaban J connectivity index is 1.49. The third-order valence-corrected chi connectivity index (χ3v) is 3.85. The number of benzene rings is 2. The van der Waals surface area contributed by atoms with Gasteiger partial charge in [-0.15, -0.1) is 0 Å². The van der Waals surface area contributed by atoms with E-state index in [4.69, 9.17) is 9.47 Å². The van der Waals surface area contributed by atoms with Crippen molar-refractivity contribution in [1.29, 1.82) is 0 Å². The number of nitrogens with zero attached hydrogens (tertiary/aromatic N) is 1. The van der Waals surface area contributed by atoms with Crippen molar-refractivity contribution in [2.75, 3.05) is 6.61 Å². The number of urea groups is 1. The van der Waals surface area contributed by atoms with Crippen LogP contribution >= 0.6 is 0 Å². The van der Waals surface area contributed by atoms with E-state index in [1.165, 1.54) is 12.3 Å². The van der Waals surface area contributed by atoms with Crippen molar-refractivity contribution in [2.24, 2.45) is 0 Å². The lowest BCUT2D eigenvalue weighted by molar-refractivity contribution is -0.123. The Labute approximate surface area is 172 Å². The topological polar surface area (TPSA) is 107 Å². The van der Waals surface area contributed by atoms with E-state index in [1.807, 2.05) is 30.3 Å². The minimum absolute atomic E-state index is 0.141. The van der Waals surface area contributed by atoms with Crippen LogP contribution in [0.4, 0.5) is 4.79 Å². The van der Waals surface area contributed by atoms with Gasteiger partial charge in [-0.1, -0.05) is 42.5 Å². The second-order valence-corrected chi connectivity index (χ2v) is 6.08. The second-order valence-electron chi connectivity index (χ2n) is 6.08. The van der Waals surface area contributed by atoms with Crippen molar-refractivity contribution in [3.63, 3.8) is 0 Å². The lowest BCUT2D eigenvalue weighted by atomic mass is 10.2. The Morgan fingerprint density at radius 3 is 2.43 bits per heavy atom.